The summed E-state index contributed by atoms with van der Waals surface area (Å²) in [6, 6.07) is 1.76. The Morgan fingerprint density at radius 3 is 2.70 bits per heavy atom. The lowest BCUT2D eigenvalue weighted by Gasteiger charge is -2.32. The first-order valence-corrected chi connectivity index (χ1v) is 9.83. The molecule has 0 bridgehead atoms. The summed E-state index contributed by atoms with van der Waals surface area (Å²) in [5, 5.41) is 6.20. The molecule has 128 valence electrons. The van der Waals surface area contributed by atoms with Crippen LogP contribution in [0.3, 0.4) is 0 Å². The summed E-state index contributed by atoms with van der Waals surface area (Å²) in [5.74, 6) is -0.199. The summed E-state index contributed by atoms with van der Waals surface area (Å²) in [4.78, 5) is 14.1. The number of aryl methyl sites for hydroxylation is 1. The molecule has 1 aromatic heterocycles. The maximum Gasteiger partial charge on any atom is 0.274 e. The van der Waals surface area contributed by atoms with Gasteiger partial charge in [-0.1, -0.05) is 12.8 Å². The van der Waals surface area contributed by atoms with Gasteiger partial charge in [0.2, 0.25) is 10.0 Å². The van der Waals surface area contributed by atoms with Gasteiger partial charge in [-0.2, -0.15) is 5.10 Å². The van der Waals surface area contributed by atoms with Gasteiger partial charge < -0.3 is 4.90 Å². The van der Waals surface area contributed by atoms with Crippen LogP contribution in [0.15, 0.2) is 6.07 Å². The second kappa shape index (κ2) is 6.60. The summed E-state index contributed by atoms with van der Waals surface area (Å²) in [7, 11) is -3.38. The zero-order chi connectivity index (χ0) is 16.4. The molecule has 1 aliphatic carbocycles. The molecule has 2 heterocycles. The van der Waals surface area contributed by atoms with Crippen molar-refractivity contribution < 1.29 is 13.2 Å². The summed E-state index contributed by atoms with van der Waals surface area (Å²) < 4.78 is 28.0. The van der Waals surface area contributed by atoms with E-state index in [2.05, 4.69) is 14.9 Å². The molecule has 0 radical (unpaired) electrons. The first-order valence-electron chi connectivity index (χ1n) is 8.28. The van der Waals surface area contributed by atoms with Crippen LogP contribution in [-0.2, 0) is 10.0 Å². The molecular weight excluding hydrogens is 316 g/mol. The molecule has 2 fully saturated rings. The van der Waals surface area contributed by atoms with Crippen LogP contribution in [0.4, 0.5) is 0 Å². The smallest absolute Gasteiger partial charge is 0.274 e. The normalized spacial score (nSPS) is 23.3. The number of nitrogens with one attached hydrogen (secondary N) is 2. The highest BCUT2D eigenvalue weighted by atomic mass is 32.2. The number of carbonyl (C=O) groups excluding carboxylic acids is 1. The van der Waals surface area contributed by atoms with Crippen molar-refractivity contribution in [1.29, 1.82) is 0 Å². The third-order valence-electron chi connectivity index (χ3n) is 4.72. The number of amides is 1. The number of carbonyl (C=O) groups is 1. The summed E-state index contributed by atoms with van der Waals surface area (Å²) >= 11 is 0. The Morgan fingerprint density at radius 2 is 2.04 bits per heavy atom. The van der Waals surface area contributed by atoms with E-state index in [-0.39, 0.29) is 18.5 Å². The van der Waals surface area contributed by atoms with Crippen LogP contribution in [0.5, 0.6) is 0 Å². The van der Waals surface area contributed by atoms with Crippen LogP contribution in [0, 0.1) is 6.92 Å². The minimum atomic E-state index is -3.38. The quantitative estimate of drug-likeness (QED) is 0.860. The van der Waals surface area contributed by atoms with E-state index in [1.165, 1.54) is 0 Å². The Morgan fingerprint density at radius 1 is 1.30 bits per heavy atom. The van der Waals surface area contributed by atoms with Crippen LogP contribution >= 0.6 is 0 Å². The number of hydrogen-bond acceptors (Lipinski definition) is 4. The predicted molar refractivity (Wildman–Crippen MR) is 86.6 cm³/mol. The highest BCUT2D eigenvalue weighted by Crippen LogP contribution is 2.22. The Bertz CT molecular complexity index is 664. The molecule has 1 saturated heterocycles. The van der Waals surface area contributed by atoms with Crippen LogP contribution < -0.4 is 4.72 Å². The summed E-state index contributed by atoms with van der Waals surface area (Å²) in [6.45, 7) is 2.66. The topological polar surface area (TPSA) is 95.2 Å². The standard InChI is InChI=1S/C15H24N4O3S/c1-11-9-14(17-16-11)15(20)19-8-4-7-13(10-19)23(21,22)18-12-5-2-3-6-12/h9,12-13,18H,2-8,10H2,1H3,(H,16,17)/t13-/m1/s1. The monoisotopic (exact) mass is 340 g/mol. The van der Waals surface area contributed by atoms with E-state index in [1.54, 1.807) is 11.0 Å². The maximum atomic E-state index is 12.6. The van der Waals surface area contributed by atoms with E-state index in [4.69, 9.17) is 0 Å². The van der Waals surface area contributed by atoms with Gasteiger partial charge in [0.05, 0.1) is 5.25 Å². The second-order valence-corrected chi connectivity index (χ2v) is 8.59. The van der Waals surface area contributed by atoms with Crippen molar-refractivity contribution >= 4 is 15.9 Å². The lowest BCUT2D eigenvalue weighted by atomic mass is 10.1. The second-order valence-electron chi connectivity index (χ2n) is 6.60. The lowest BCUT2D eigenvalue weighted by Crippen LogP contribution is -2.50. The summed E-state index contributed by atoms with van der Waals surface area (Å²) in [5.41, 5.74) is 1.17. The fourth-order valence-corrected chi connectivity index (χ4v) is 5.18. The predicted octanol–water partition coefficient (Wildman–Crippen LogP) is 1.18. The molecular formula is C15H24N4O3S. The largest absolute Gasteiger partial charge is 0.336 e. The van der Waals surface area contributed by atoms with E-state index >= 15 is 0 Å². The Labute approximate surface area is 136 Å². The zero-order valence-electron chi connectivity index (χ0n) is 13.4. The van der Waals surface area contributed by atoms with E-state index in [9.17, 15) is 13.2 Å². The molecule has 1 aliphatic heterocycles. The highest BCUT2D eigenvalue weighted by molar-refractivity contribution is 7.90. The third kappa shape index (κ3) is 3.74. The van der Waals surface area contributed by atoms with Crippen molar-refractivity contribution in [1.82, 2.24) is 19.8 Å². The van der Waals surface area contributed by atoms with Gasteiger partial charge >= 0.3 is 0 Å². The van der Waals surface area contributed by atoms with Crippen molar-refractivity contribution in [2.24, 2.45) is 0 Å². The molecule has 1 amide bonds. The number of H-pyrrole nitrogens is 1. The van der Waals surface area contributed by atoms with Gasteiger partial charge in [0.1, 0.15) is 5.69 Å². The fourth-order valence-electron chi connectivity index (χ4n) is 3.44. The van der Waals surface area contributed by atoms with Gasteiger partial charge in [0.25, 0.3) is 5.91 Å². The molecule has 2 aliphatic rings. The highest BCUT2D eigenvalue weighted by Gasteiger charge is 2.35. The first-order chi connectivity index (χ1) is 11.0. The molecule has 2 N–H and O–H groups in total. The zero-order valence-corrected chi connectivity index (χ0v) is 14.2. The van der Waals surface area contributed by atoms with E-state index in [0.717, 1.165) is 31.4 Å². The van der Waals surface area contributed by atoms with E-state index in [1.807, 2.05) is 6.92 Å². The number of rotatable bonds is 4. The van der Waals surface area contributed by atoms with Gasteiger partial charge in [-0.3, -0.25) is 9.89 Å². The van der Waals surface area contributed by atoms with Crippen LogP contribution in [0.25, 0.3) is 0 Å². The van der Waals surface area contributed by atoms with Crippen molar-refractivity contribution in [3.63, 3.8) is 0 Å². The Kier molecular flexibility index (Phi) is 4.72. The minimum Gasteiger partial charge on any atom is -0.336 e. The SMILES string of the molecule is Cc1cc(C(=O)N2CCC[C@@H](S(=O)(=O)NC3CCCC3)C2)n[nH]1. The van der Waals surface area contributed by atoms with Crippen molar-refractivity contribution in [3.8, 4) is 0 Å². The average molecular weight is 340 g/mol. The number of nitrogens with zero attached hydrogens (tertiary/aromatic N) is 2. The van der Waals surface area contributed by atoms with Gasteiger partial charge in [-0.15, -0.1) is 0 Å². The molecule has 3 rings (SSSR count). The number of likely N-dealkylation sites (tertiary alicyclic amines) is 1. The van der Waals surface area contributed by atoms with Crippen molar-refractivity contribution in [3.05, 3.63) is 17.5 Å². The van der Waals surface area contributed by atoms with Gasteiger partial charge in [0.15, 0.2) is 0 Å². The Balaban J connectivity index is 1.66. The molecule has 0 unspecified atom stereocenters. The maximum absolute atomic E-state index is 12.6. The Hall–Kier alpha value is -1.41. The van der Waals surface area contributed by atoms with Gasteiger partial charge in [0, 0.05) is 24.8 Å². The molecule has 0 aromatic carbocycles. The van der Waals surface area contributed by atoms with Crippen LogP contribution in [0.2, 0.25) is 0 Å². The fraction of sp³-hybridized carbons (Fsp3) is 0.733. The van der Waals surface area contributed by atoms with Gasteiger partial charge in [-0.25, -0.2) is 13.1 Å². The first kappa shape index (κ1) is 16.4. The van der Waals surface area contributed by atoms with Crippen molar-refractivity contribution in [2.45, 2.75) is 56.7 Å². The molecule has 1 aromatic rings. The van der Waals surface area contributed by atoms with Crippen molar-refractivity contribution in [2.75, 3.05) is 13.1 Å². The van der Waals surface area contributed by atoms with Crippen LogP contribution in [-0.4, -0.2) is 53.8 Å². The lowest BCUT2D eigenvalue weighted by molar-refractivity contribution is 0.0720. The van der Waals surface area contributed by atoms with E-state index in [0.29, 0.717) is 25.1 Å². The average Bonchev–Trinajstić information content (AvgIpc) is 3.18. The van der Waals surface area contributed by atoms with E-state index < -0.39 is 15.3 Å². The van der Waals surface area contributed by atoms with Crippen LogP contribution in [0.1, 0.15) is 54.7 Å². The summed E-state index contributed by atoms with van der Waals surface area (Å²) in [6.07, 6.45) is 5.31. The minimum absolute atomic E-state index is 0.0695. The third-order valence-corrected chi connectivity index (χ3v) is 6.64. The molecule has 7 nitrogen and oxygen atoms in total. The molecule has 0 spiro atoms. The number of sulfonamides is 1. The number of aromatic nitrogens is 2. The number of hydrogen-bond donors (Lipinski definition) is 2. The molecule has 1 saturated carbocycles. The molecule has 1 atom stereocenters. The number of aromatic amines is 1. The molecule has 23 heavy (non-hydrogen) atoms. The molecule has 8 heteroatoms. The number of piperidine rings is 1. The van der Waals surface area contributed by atoms with Gasteiger partial charge in [-0.05, 0) is 38.7 Å².